The Labute approximate surface area is 137 Å². The molecule has 2 aromatic rings. The molecule has 0 aliphatic carbocycles. The van der Waals surface area contributed by atoms with E-state index in [1.54, 1.807) is 25.1 Å². The molecule has 0 fully saturated rings. The molecule has 0 radical (unpaired) electrons. The first-order chi connectivity index (χ1) is 10.8. The number of thiophene rings is 1. The highest BCUT2D eigenvalue weighted by Gasteiger charge is 2.39. The van der Waals surface area contributed by atoms with Crippen molar-refractivity contribution in [2.24, 2.45) is 0 Å². The molecule has 0 atom stereocenters. The van der Waals surface area contributed by atoms with Gasteiger partial charge in [0, 0.05) is 18.1 Å². The highest BCUT2D eigenvalue weighted by molar-refractivity contribution is 7.89. The zero-order valence-corrected chi connectivity index (χ0v) is 13.9. The van der Waals surface area contributed by atoms with Crippen molar-refractivity contribution in [3.8, 4) is 0 Å². The third kappa shape index (κ3) is 2.47. The van der Waals surface area contributed by atoms with Crippen LogP contribution in [0, 0.1) is 6.92 Å². The number of hydrogen-bond acceptors (Lipinski definition) is 6. The van der Waals surface area contributed by atoms with Gasteiger partial charge in [-0.3, -0.25) is 9.10 Å². The lowest BCUT2D eigenvalue weighted by molar-refractivity contribution is -0.113. The van der Waals surface area contributed by atoms with Crippen molar-refractivity contribution in [1.29, 1.82) is 0 Å². The molecule has 120 valence electrons. The fraction of sp³-hybridized carbons (Fsp3) is 0.143. The van der Waals surface area contributed by atoms with Gasteiger partial charge in [0.05, 0.1) is 4.88 Å². The van der Waals surface area contributed by atoms with Crippen LogP contribution in [0.1, 0.15) is 9.75 Å². The van der Waals surface area contributed by atoms with E-state index in [0.29, 0.717) is 0 Å². The van der Waals surface area contributed by atoms with E-state index in [9.17, 15) is 18.3 Å². The van der Waals surface area contributed by atoms with Crippen LogP contribution in [0.3, 0.4) is 0 Å². The first-order valence-electron chi connectivity index (χ1n) is 6.57. The number of carbonyl (C=O) groups excluding carboxylic acids is 1. The van der Waals surface area contributed by atoms with Crippen LogP contribution in [0.15, 0.2) is 41.1 Å². The van der Waals surface area contributed by atoms with Crippen LogP contribution in [0.25, 0.3) is 5.76 Å². The summed E-state index contributed by atoms with van der Waals surface area (Å²) in [6, 6.07) is 6.41. The van der Waals surface area contributed by atoms with E-state index in [1.165, 1.54) is 19.3 Å². The Morgan fingerprint density at radius 2 is 2.13 bits per heavy atom. The van der Waals surface area contributed by atoms with Gasteiger partial charge >= 0.3 is 0 Å². The molecule has 0 bridgehead atoms. The van der Waals surface area contributed by atoms with Gasteiger partial charge < -0.3 is 10.4 Å². The number of aromatic nitrogens is 1. The standard InChI is InChI=1S/C14H13N3O4S2/c1-8-7-9-13(22-8)12(18)11(17(2)23(9,20)21)14(19)16-10-5-3-4-6-15-10/h3-7,18H,1-2H3,(H,15,16,19). The Morgan fingerprint density at radius 3 is 2.78 bits per heavy atom. The van der Waals surface area contributed by atoms with Crippen LogP contribution >= 0.6 is 11.3 Å². The van der Waals surface area contributed by atoms with Crippen molar-refractivity contribution in [1.82, 2.24) is 9.29 Å². The Kier molecular flexibility index (Phi) is 3.61. The molecule has 0 saturated carbocycles. The summed E-state index contributed by atoms with van der Waals surface area (Å²) < 4.78 is 25.8. The number of carbonyl (C=O) groups is 1. The summed E-state index contributed by atoms with van der Waals surface area (Å²) >= 11 is 1.12. The summed E-state index contributed by atoms with van der Waals surface area (Å²) in [5.41, 5.74) is -0.329. The smallest absolute Gasteiger partial charge is 0.278 e. The maximum absolute atomic E-state index is 12.5. The summed E-state index contributed by atoms with van der Waals surface area (Å²) in [6.07, 6.45) is 1.49. The lowest BCUT2D eigenvalue weighted by Gasteiger charge is -2.26. The fourth-order valence-corrected chi connectivity index (χ4v) is 4.96. The molecule has 23 heavy (non-hydrogen) atoms. The Morgan fingerprint density at radius 1 is 1.39 bits per heavy atom. The number of sulfonamides is 1. The van der Waals surface area contributed by atoms with Crippen LogP contribution in [-0.2, 0) is 14.8 Å². The van der Waals surface area contributed by atoms with Gasteiger partial charge in [-0.2, -0.15) is 0 Å². The number of rotatable bonds is 2. The van der Waals surface area contributed by atoms with E-state index in [-0.39, 0.29) is 27.0 Å². The molecule has 9 heteroatoms. The Hall–Kier alpha value is -2.39. The summed E-state index contributed by atoms with van der Waals surface area (Å²) in [6.45, 7) is 1.74. The minimum Gasteiger partial charge on any atom is -0.504 e. The molecule has 1 aliphatic heterocycles. The van der Waals surface area contributed by atoms with Gasteiger partial charge in [0.25, 0.3) is 15.9 Å². The molecule has 1 amide bonds. The van der Waals surface area contributed by atoms with E-state index in [4.69, 9.17) is 0 Å². The van der Waals surface area contributed by atoms with Gasteiger partial charge in [0.1, 0.15) is 10.7 Å². The van der Waals surface area contributed by atoms with Crippen LogP contribution < -0.4 is 5.32 Å². The number of aliphatic hydroxyl groups is 1. The van der Waals surface area contributed by atoms with E-state index >= 15 is 0 Å². The number of nitrogens with zero attached hydrogens (tertiary/aromatic N) is 2. The first-order valence-corrected chi connectivity index (χ1v) is 8.83. The van der Waals surface area contributed by atoms with Gasteiger partial charge in [-0.1, -0.05) is 6.07 Å². The van der Waals surface area contributed by atoms with Gasteiger partial charge in [0.15, 0.2) is 11.5 Å². The van der Waals surface area contributed by atoms with Crippen molar-refractivity contribution in [2.75, 3.05) is 12.4 Å². The van der Waals surface area contributed by atoms with Crippen molar-refractivity contribution in [3.05, 3.63) is 45.9 Å². The second kappa shape index (κ2) is 5.36. The van der Waals surface area contributed by atoms with Crippen molar-refractivity contribution in [2.45, 2.75) is 11.8 Å². The van der Waals surface area contributed by atoms with E-state index in [1.807, 2.05) is 0 Å². The highest BCUT2D eigenvalue weighted by atomic mass is 32.2. The summed E-state index contributed by atoms with van der Waals surface area (Å²) in [7, 11) is -2.64. The van der Waals surface area contributed by atoms with Crippen LogP contribution in [-0.4, -0.2) is 35.8 Å². The maximum atomic E-state index is 12.5. The molecule has 0 spiro atoms. The SMILES string of the molecule is Cc1cc2c(s1)C(O)=C(C(=O)Nc1ccccn1)N(C)S2(=O)=O. The highest BCUT2D eigenvalue weighted by Crippen LogP contribution is 2.39. The number of aryl methyl sites for hydroxylation is 1. The second-order valence-electron chi connectivity index (χ2n) is 4.89. The molecule has 7 nitrogen and oxygen atoms in total. The molecule has 0 saturated heterocycles. The zero-order chi connectivity index (χ0) is 16.8. The average Bonchev–Trinajstić information content (AvgIpc) is 2.90. The topological polar surface area (TPSA) is 99.6 Å². The number of nitrogens with one attached hydrogen (secondary N) is 1. The predicted octanol–water partition coefficient (Wildman–Crippen LogP) is 1.95. The molecule has 0 unspecified atom stereocenters. The number of pyridine rings is 1. The largest absolute Gasteiger partial charge is 0.504 e. The minimum atomic E-state index is -3.87. The van der Waals surface area contributed by atoms with Crippen LogP contribution in [0.5, 0.6) is 0 Å². The zero-order valence-electron chi connectivity index (χ0n) is 12.3. The van der Waals surface area contributed by atoms with Crippen LogP contribution in [0.2, 0.25) is 0 Å². The molecule has 0 aromatic carbocycles. The van der Waals surface area contributed by atoms with Crippen LogP contribution in [0.4, 0.5) is 5.82 Å². The molecular formula is C14H13N3O4S2. The predicted molar refractivity (Wildman–Crippen MR) is 86.4 cm³/mol. The number of aliphatic hydroxyl groups excluding tert-OH is 1. The van der Waals surface area contributed by atoms with Gasteiger partial charge in [-0.05, 0) is 25.1 Å². The van der Waals surface area contributed by atoms with Crippen molar-refractivity contribution < 1.29 is 18.3 Å². The molecule has 3 heterocycles. The number of amides is 1. The lowest BCUT2D eigenvalue weighted by atomic mass is 10.2. The molecule has 1 aliphatic rings. The van der Waals surface area contributed by atoms with Gasteiger partial charge in [-0.25, -0.2) is 13.4 Å². The minimum absolute atomic E-state index is 0.00869. The third-order valence-corrected chi connectivity index (χ3v) is 6.30. The summed E-state index contributed by atoms with van der Waals surface area (Å²) in [5.74, 6) is -0.843. The second-order valence-corrected chi connectivity index (χ2v) is 8.08. The maximum Gasteiger partial charge on any atom is 0.278 e. The summed E-state index contributed by atoms with van der Waals surface area (Å²) in [5, 5.41) is 12.9. The quantitative estimate of drug-likeness (QED) is 0.861. The van der Waals surface area contributed by atoms with Gasteiger partial charge in [-0.15, -0.1) is 11.3 Å². The van der Waals surface area contributed by atoms with E-state index < -0.39 is 15.9 Å². The third-order valence-electron chi connectivity index (χ3n) is 3.34. The first kappa shape index (κ1) is 15.5. The molecule has 2 N–H and O–H groups in total. The Balaban J connectivity index is 2.09. The fourth-order valence-electron chi connectivity index (χ4n) is 2.23. The van der Waals surface area contributed by atoms with Crippen molar-refractivity contribution >= 4 is 38.8 Å². The number of likely N-dealkylation sites (N-methyl/N-ethyl adjacent to an activating group) is 1. The number of hydrogen-bond donors (Lipinski definition) is 2. The van der Waals surface area contributed by atoms with E-state index in [0.717, 1.165) is 20.5 Å². The summed E-state index contributed by atoms with van der Waals surface area (Å²) in [4.78, 5) is 17.3. The monoisotopic (exact) mass is 351 g/mol. The average molecular weight is 351 g/mol. The van der Waals surface area contributed by atoms with E-state index in [2.05, 4.69) is 10.3 Å². The van der Waals surface area contributed by atoms with Crippen molar-refractivity contribution in [3.63, 3.8) is 0 Å². The molecule has 2 aromatic heterocycles. The number of anilines is 1. The molecule has 3 rings (SSSR count). The lowest BCUT2D eigenvalue weighted by Crippen LogP contribution is -2.36. The number of fused-ring (bicyclic) bond motifs is 1. The van der Waals surface area contributed by atoms with Gasteiger partial charge in [0.2, 0.25) is 0 Å². The molecular weight excluding hydrogens is 338 g/mol. The Bertz CT molecular complexity index is 917. The normalized spacial score (nSPS) is 16.2.